The van der Waals surface area contributed by atoms with Gasteiger partial charge in [0.25, 0.3) is 0 Å². The minimum atomic E-state index is -3.16. The van der Waals surface area contributed by atoms with Crippen molar-refractivity contribution in [3.8, 4) is 0 Å². The van der Waals surface area contributed by atoms with E-state index in [0.717, 1.165) is 7.25 Å². The number of halogens is 2. The zero-order chi connectivity index (χ0) is 20.3. The first-order valence-corrected chi connectivity index (χ1v) is 25.7. The molecule has 4 aliphatic carbocycles. The molecule has 0 spiro atoms. The van der Waals surface area contributed by atoms with Gasteiger partial charge in [0, 0.05) is 0 Å². The van der Waals surface area contributed by atoms with Crippen LogP contribution in [0.15, 0.2) is 45.6 Å². The van der Waals surface area contributed by atoms with Gasteiger partial charge in [0.2, 0.25) is 0 Å². The predicted octanol–water partition coefficient (Wildman–Crippen LogP) is 8.67. The van der Waals surface area contributed by atoms with Gasteiger partial charge in [-0.25, -0.2) is 0 Å². The molecule has 0 aromatic rings. The van der Waals surface area contributed by atoms with Gasteiger partial charge in [-0.15, -0.1) is 24.8 Å². The van der Waals surface area contributed by atoms with E-state index in [1.54, 1.807) is 11.1 Å². The predicted molar refractivity (Wildman–Crippen MR) is 139 cm³/mol. The Hall–Kier alpha value is 0.640. The number of allylic oxidation sites excluding steroid dienone is 8. The molecule has 2 unspecified atom stereocenters. The Morgan fingerprint density at radius 2 is 1.03 bits per heavy atom. The van der Waals surface area contributed by atoms with Gasteiger partial charge in [0.1, 0.15) is 0 Å². The van der Waals surface area contributed by atoms with Gasteiger partial charge in [-0.2, -0.15) is 0 Å². The Morgan fingerprint density at radius 3 is 1.37 bits per heavy atom. The zero-order valence-corrected chi connectivity index (χ0v) is 25.6. The average Bonchev–Trinajstić information content (AvgIpc) is 3.21. The van der Waals surface area contributed by atoms with Gasteiger partial charge in [-0.05, 0) is 0 Å². The van der Waals surface area contributed by atoms with Crippen LogP contribution in [0.3, 0.4) is 0 Å². The third-order valence-electron chi connectivity index (χ3n) is 8.38. The second-order valence-electron chi connectivity index (χ2n) is 11.9. The van der Waals surface area contributed by atoms with Crippen molar-refractivity contribution >= 4 is 31.7 Å². The Kier molecular flexibility index (Phi) is 8.50. The van der Waals surface area contributed by atoms with E-state index in [-0.39, 0.29) is 24.8 Å². The summed E-state index contributed by atoms with van der Waals surface area (Å²) in [6.45, 7) is 12.4. The van der Waals surface area contributed by atoms with Gasteiger partial charge in [-0.3, -0.25) is 0 Å². The summed E-state index contributed by atoms with van der Waals surface area (Å²) in [6.07, 6.45) is 16.5. The molecule has 0 heterocycles. The Balaban J connectivity index is 0.00000160. The molecule has 0 aromatic heterocycles. The molecule has 0 saturated heterocycles. The summed E-state index contributed by atoms with van der Waals surface area (Å²) in [5.41, 5.74) is 11.0. The van der Waals surface area contributed by atoms with Gasteiger partial charge >= 0.3 is 177 Å². The van der Waals surface area contributed by atoms with Crippen LogP contribution in [0.5, 0.6) is 0 Å². The fourth-order valence-corrected chi connectivity index (χ4v) is 28.5. The maximum Gasteiger partial charge on any atom is -0.147 e. The van der Waals surface area contributed by atoms with Crippen LogP contribution in [0.25, 0.3) is 0 Å². The van der Waals surface area contributed by atoms with Gasteiger partial charge < -0.3 is 0 Å². The fourth-order valence-electron chi connectivity index (χ4n) is 7.27. The normalized spacial score (nSPS) is 26.8. The molecule has 0 aromatic carbocycles. The topological polar surface area (TPSA) is 0 Å². The molecule has 0 radical (unpaired) electrons. The SMILES string of the molecule is CC(C)C1=CC2=C(CCCC2)[CH]1[Zr]([CH3])([CH3])(=[SiH2])[CH]1C(C(C)C)=CC2=C1CCCC2.Cl.Cl. The van der Waals surface area contributed by atoms with E-state index in [9.17, 15) is 0 Å². The molecule has 170 valence electrons. The van der Waals surface area contributed by atoms with E-state index < -0.39 is 17.4 Å². The fraction of sp³-hybridized carbons (Fsp3) is 0.692. The molecule has 0 fully saturated rings. The van der Waals surface area contributed by atoms with Crippen LogP contribution in [-0.4, -0.2) is 6.88 Å². The molecule has 0 amide bonds. The summed E-state index contributed by atoms with van der Waals surface area (Å²) >= 11 is -3.16. The minimum Gasteiger partial charge on any atom is -0.147 e. The molecule has 2 atom stereocenters. The van der Waals surface area contributed by atoms with Gasteiger partial charge in [0.15, 0.2) is 0 Å². The second kappa shape index (κ2) is 9.48. The van der Waals surface area contributed by atoms with E-state index in [1.165, 1.54) is 51.4 Å². The first-order valence-electron chi connectivity index (χ1n) is 12.0. The first-order chi connectivity index (χ1) is 13.1. The van der Waals surface area contributed by atoms with Crippen molar-refractivity contribution in [2.24, 2.45) is 11.8 Å². The van der Waals surface area contributed by atoms with E-state index in [1.807, 2.05) is 22.3 Å². The van der Waals surface area contributed by atoms with E-state index in [2.05, 4.69) is 56.0 Å². The maximum atomic E-state index is 2.86. The number of hydrogen-bond donors (Lipinski definition) is 0. The van der Waals surface area contributed by atoms with Crippen LogP contribution in [0.2, 0.25) is 16.5 Å². The van der Waals surface area contributed by atoms with Gasteiger partial charge in [-0.1, -0.05) is 0 Å². The van der Waals surface area contributed by atoms with E-state index in [4.69, 9.17) is 0 Å². The third-order valence-corrected chi connectivity index (χ3v) is 25.9. The molecule has 0 saturated carbocycles. The minimum absolute atomic E-state index is 0. The van der Waals surface area contributed by atoms with Crippen molar-refractivity contribution in [2.75, 3.05) is 0 Å². The van der Waals surface area contributed by atoms with Crippen molar-refractivity contribution < 1.29 is 17.4 Å². The monoisotopic (exact) mass is 544 g/mol. The molecule has 4 aliphatic rings. The molecule has 30 heavy (non-hydrogen) atoms. The average molecular weight is 547 g/mol. The smallest absolute Gasteiger partial charge is 0.147 e. The van der Waals surface area contributed by atoms with Crippen LogP contribution in [0, 0.1) is 11.8 Å². The third kappa shape index (κ3) is 4.38. The molecular weight excluding hydrogens is 503 g/mol. The summed E-state index contributed by atoms with van der Waals surface area (Å²) in [6, 6.07) is 0. The van der Waals surface area contributed by atoms with E-state index in [0.29, 0.717) is 11.8 Å². The largest absolute Gasteiger partial charge is 0.147 e. The number of hydrogen-bond acceptors (Lipinski definition) is 0. The van der Waals surface area contributed by atoms with Crippen LogP contribution >= 0.6 is 24.8 Å². The molecule has 4 rings (SSSR count). The quantitative estimate of drug-likeness (QED) is 0.310. The molecule has 0 bridgehead atoms. The Morgan fingerprint density at radius 1 is 0.700 bits per heavy atom. The van der Waals surface area contributed by atoms with E-state index >= 15 is 0 Å². The van der Waals surface area contributed by atoms with Crippen LogP contribution in [0.1, 0.15) is 79.1 Å². The Bertz CT molecular complexity index is 813. The van der Waals surface area contributed by atoms with Crippen LogP contribution < -0.4 is 0 Å². The summed E-state index contributed by atoms with van der Waals surface area (Å²) in [5.74, 6) is 1.39. The summed E-state index contributed by atoms with van der Waals surface area (Å²) in [5, 5.41) is 0. The molecule has 4 heteroatoms. The second-order valence-corrected chi connectivity index (χ2v) is 42.4. The summed E-state index contributed by atoms with van der Waals surface area (Å²) in [7, 11) is 0. The first kappa shape index (κ1) is 26.9. The van der Waals surface area contributed by atoms with Gasteiger partial charge in [0.05, 0.1) is 0 Å². The zero-order valence-electron chi connectivity index (χ0n) is 20.1. The number of rotatable bonds is 4. The summed E-state index contributed by atoms with van der Waals surface area (Å²) in [4.78, 5) is 0. The summed E-state index contributed by atoms with van der Waals surface area (Å²) < 4.78 is 7.37. The standard InChI is InChI=1S/2C12H17.2CH3.2ClH.H2Si.Zr/c2*1-9(2)12-7-10-5-3-4-6-11(10)8-12;;;;;;/h2*7-9H,3-6H2,1-2H3;2*1H3;2*1H;1H2;. The van der Waals surface area contributed by atoms with Crippen molar-refractivity contribution in [2.45, 2.75) is 95.6 Å². The van der Waals surface area contributed by atoms with Crippen LogP contribution in [0.4, 0.5) is 0 Å². The molecule has 0 aliphatic heterocycles. The van der Waals surface area contributed by atoms with Crippen LogP contribution in [-0.2, 0) is 17.4 Å². The van der Waals surface area contributed by atoms with Crippen molar-refractivity contribution in [3.63, 3.8) is 0 Å². The Labute approximate surface area is 200 Å². The van der Waals surface area contributed by atoms with Crippen molar-refractivity contribution in [1.82, 2.24) is 0 Å². The maximum absolute atomic E-state index is 3.16. The molecule has 0 N–H and O–H groups in total. The van der Waals surface area contributed by atoms with Crippen molar-refractivity contribution in [1.29, 1.82) is 0 Å². The molecular formula is C26H44Cl2SiZr. The van der Waals surface area contributed by atoms with Crippen molar-refractivity contribution in [3.05, 3.63) is 45.6 Å². The molecule has 0 nitrogen and oxygen atoms in total.